The lowest BCUT2D eigenvalue weighted by Crippen LogP contribution is -2.31. The number of aliphatic hydroxyl groups is 1. The van der Waals surface area contributed by atoms with E-state index in [0.717, 1.165) is 29.7 Å². The summed E-state index contributed by atoms with van der Waals surface area (Å²) < 4.78 is 16.8. The highest BCUT2D eigenvalue weighted by Crippen LogP contribution is 2.40. The number of aliphatic hydroxyl groups excluding tert-OH is 1. The van der Waals surface area contributed by atoms with Crippen LogP contribution in [0.25, 0.3) is 5.76 Å². The summed E-state index contributed by atoms with van der Waals surface area (Å²) in [4.78, 5) is 27.9. The molecule has 0 aliphatic carbocycles. The lowest BCUT2D eigenvalue weighted by atomic mass is 9.95. The molecule has 1 atom stereocenters. The van der Waals surface area contributed by atoms with Gasteiger partial charge in [0, 0.05) is 25.8 Å². The van der Waals surface area contributed by atoms with Crippen LogP contribution in [0.4, 0.5) is 0 Å². The highest BCUT2D eigenvalue weighted by Gasteiger charge is 2.45. The second-order valence-corrected chi connectivity index (χ2v) is 9.91. The van der Waals surface area contributed by atoms with Crippen LogP contribution in [-0.2, 0) is 20.9 Å². The Morgan fingerprint density at radius 1 is 0.850 bits per heavy atom. The number of ketones is 1. The molecule has 1 aliphatic rings. The number of amides is 1. The second-order valence-electron chi connectivity index (χ2n) is 9.91. The first-order valence-electron chi connectivity index (χ1n) is 13.7. The predicted octanol–water partition coefficient (Wildman–Crippen LogP) is 6.21. The molecule has 4 rings (SSSR count). The summed E-state index contributed by atoms with van der Waals surface area (Å²) in [5.74, 6) is -0.208. The van der Waals surface area contributed by atoms with Gasteiger partial charge in [-0.3, -0.25) is 9.59 Å². The second kappa shape index (κ2) is 13.8. The Morgan fingerprint density at radius 2 is 1.50 bits per heavy atom. The molecule has 0 spiro atoms. The number of likely N-dealkylation sites (tertiary alicyclic amines) is 1. The number of benzene rings is 3. The predicted molar refractivity (Wildman–Crippen MR) is 154 cm³/mol. The van der Waals surface area contributed by atoms with Crippen molar-refractivity contribution in [1.29, 1.82) is 0 Å². The van der Waals surface area contributed by atoms with Gasteiger partial charge in [-0.2, -0.15) is 0 Å². The molecule has 7 heteroatoms. The Hall–Kier alpha value is -4.10. The number of unbranched alkanes of at least 4 members (excludes halogenated alkanes) is 1. The molecule has 40 heavy (non-hydrogen) atoms. The molecule has 210 valence electrons. The molecule has 1 heterocycles. The van der Waals surface area contributed by atoms with Crippen LogP contribution in [0.15, 0.2) is 78.4 Å². The first kappa shape index (κ1) is 28.9. The first-order valence-corrected chi connectivity index (χ1v) is 13.7. The van der Waals surface area contributed by atoms with E-state index in [-0.39, 0.29) is 11.3 Å². The molecule has 1 N–H and O–H groups in total. The van der Waals surface area contributed by atoms with Crippen molar-refractivity contribution in [3.63, 3.8) is 0 Å². The Bertz CT molecular complexity index is 1310. The summed E-state index contributed by atoms with van der Waals surface area (Å²) in [5, 5.41) is 11.3. The Balaban J connectivity index is 1.60. The number of carbonyl (C=O) groups is 2. The van der Waals surface area contributed by atoms with Crippen LogP contribution in [0.3, 0.4) is 0 Å². The zero-order valence-corrected chi connectivity index (χ0v) is 23.4. The summed E-state index contributed by atoms with van der Waals surface area (Å²) >= 11 is 0. The summed E-state index contributed by atoms with van der Waals surface area (Å²) in [6, 6.07) is 21.6. The summed E-state index contributed by atoms with van der Waals surface area (Å²) in [6.07, 6.45) is 2.55. The van der Waals surface area contributed by atoms with Gasteiger partial charge in [0.1, 0.15) is 23.9 Å². The molecule has 1 amide bonds. The number of carbonyl (C=O) groups excluding carboxylic acids is 2. The van der Waals surface area contributed by atoms with Gasteiger partial charge in [0.2, 0.25) is 0 Å². The Morgan fingerprint density at radius 3 is 2.15 bits per heavy atom. The molecule has 1 unspecified atom stereocenters. The Kier molecular flexibility index (Phi) is 9.97. The van der Waals surface area contributed by atoms with Crippen molar-refractivity contribution < 1.29 is 28.9 Å². The van der Waals surface area contributed by atoms with E-state index < -0.39 is 17.7 Å². The lowest BCUT2D eigenvalue weighted by Gasteiger charge is -2.25. The van der Waals surface area contributed by atoms with Gasteiger partial charge in [-0.1, -0.05) is 55.3 Å². The van der Waals surface area contributed by atoms with Gasteiger partial charge >= 0.3 is 0 Å². The van der Waals surface area contributed by atoms with Crippen LogP contribution >= 0.6 is 0 Å². The zero-order chi connectivity index (χ0) is 28.5. The Labute approximate surface area is 236 Å². The molecule has 7 nitrogen and oxygen atoms in total. The number of hydrogen-bond donors (Lipinski definition) is 1. The average molecular weight is 544 g/mol. The van der Waals surface area contributed by atoms with Crippen molar-refractivity contribution >= 4 is 17.4 Å². The summed E-state index contributed by atoms with van der Waals surface area (Å²) in [6.45, 7) is 5.94. The van der Waals surface area contributed by atoms with E-state index in [2.05, 4.69) is 6.92 Å². The van der Waals surface area contributed by atoms with Crippen LogP contribution in [0.1, 0.15) is 54.5 Å². The van der Waals surface area contributed by atoms with E-state index in [1.807, 2.05) is 55.5 Å². The lowest BCUT2D eigenvalue weighted by molar-refractivity contribution is -0.140. The van der Waals surface area contributed by atoms with E-state index >= 15 is 0 Å². The van der Waals surface area contributed by atoms with Gasteiger partial charge in [0.05, 0.1) is 18.2 Å². The van der Waals surface area contributed by atoms with Crippen LogP contribution in [0.2, 0.25) is 0 Å². The minimum Gasteiger partial charge on any atom is -0.507 e. The number of ether oxygens (including phenoxy) is 3. The molecule has 3 aromatic carbocycles. The number of rotatable bonds is 13. The third kappa shape index (κ3) is 6.90. The molecule has 1 fully saturated rings. The molecule has 0 bridgehead atoms. The summed E-state index contributed by atoms with van der Waals surface area (Å²) in [7, 11) is 1.59. The smallest absolute Gasteiger partial charge is 0.295 e. The fraction of sp³-hybridized carbons (Fsp3) is 0.333. The van der Waals surface area contributed by atoms with E-state index in [0.29, 0.717) is 44.1 Å². The zero-order valence-electron chi connectivity index (χ0n) is 23.4. The molecule has 1 saturated heterocycles. The van der Waals surface area contributed by atoms with Crippen molar-refractivity contribution in [2.45, 2.75) is 45.8 Å². The monoisotopic (exact) mass is 543 g/mol. The average Bonchev–Trinajstić information content (AvgIpc) is 3.22. The number of aryl methyl sites for hydroxylation is 1. The maximum Gasteiger partial charge on any atom is 0.295 e. The van der Waals surface area contributed by atoms with E-state index in [1.54, 1.807) is 31.4 Å². The third-order valence-corrected chi connectivity index (χ3v) is 6.90. The fourth-order valence-corrected chi connectivity index (χ4v) is 4.63. The number of nitrogens with zero attached hydrogens (tertiary/aromatic N) is 1. The van der Waals surface area contributed by atoms with Crippen molar-refractivity contribution in [2.24, 2.45) is 0 Å². The minimum absolute atomic E-state index is 0.0652. The van der Waals surface area contributed by atoms with Gasteiger partial charge in [0.25, 0.3) is 11.7 Å². The maximum absolute atomic E-state index is 13.2. The minimum atomic E-state index is -0.723. The van der Waals surface area contributed by atoms with Crippen LogP contribution in [-0.4, -0.2) is 48.6 Å². The number of Topliss-reactive ketones (excluding diaryl/α,β-unsaturated/α-hetero) is 1. The van der Waals surface area contributed by atoms with E-state index in [1.165, 1.54) is 10.5 Å². The van der Waals surface area contributed by atoms with Gasteiger partial charge < -0.3 is 24.2 Å². The number of methoxy groups -OCH3 is 1. The molecular formula is C33H37NO6. The molecular weight excluding hydrogens is 506 g/mol. The molecule has 0 saturated carbocycles. The van der Waals surface area contributed by atoms with Crippen molar-refractivity contribution in [1.82, 2.24) is 4.90 Å². The largest absolute Gasteiger partial charge is 0.507 e. The molecule has 0 radical (unpaired) electrons. The van der Waals surface area contributed by atoms with Gasteiger partial charge in [0.15, 0.2) is 0 Å². The number of hydrogen-bond acceptors (Lipinski definition) is 6. The van der Waals surface area contributed by atoms with Crippen LogP contribution < -0.4 is 9.47 Å². The normalized spacial score (nSPS) is 16.4. The van der Waals surface area contributed by atoms with Crippen LogP contribution in [0.5, 0.6) is 11.5 Å². The molecule has 1 aliphatic heterocycles. The van der Waals surface area contributed by atoms with E-state index in [9.17, 15) is 14.7 Å². The maximum atomic E-state index is 13.2. The van der Waals surface area contributed by atoms with E-state index in [4.69, 9.17) is 14.2 Å². The highest BCUT2D eigenvalue weighted by molar-refractivity contribution is 6.46. The quantitative estimate of drug-likeness (QED) is 0.119. The summed E-state index contributed by atoms with van der Waals surface area (Å²) in [5.41, 5.74) is 3.45. The van der Waals surface area contributed by atoms with Gasteiger partial charge in [-0.05, 0) is 67.3 Å². The molecule has 0 aromatic heterocycles. The third-order valence-electron chi connectivity index (χ3n) is 6.90. The van der Waals surface area contributed by atoms with Gasteiger partial charge in [-0.25, -0.2) is 0 Å². The topological polar surface area (TPSA) is 85.3 Å². The standard InChI is InChI=1S/C33H37NO6/c1-4-5-21-39-27-15-11-25(12-16-27)30-29(32(36)33(37)34(30)19-6-20-38-3)31(35)26-13-17-28(18-14-26)40-22-24-9-7-23(2)8-10-24/h7-18,30,35H,4-6,19-22H2,1-3H3. The van der Waals surface area contributed by atoms with Crippen molar-refractivity contribution in [3.05, 3.63) is 101 Å². The fourth-order valence-electron chi connectivity index (χ4n) is 4.63. The van der Waals surface area contributed by atoms with Gasteiger partial charge in [-0.15, -0.1) is 0 Å². The molecule has 3 aromatic rings. The SMILES string of the molecule is CCCCOc1ccc(C2C(=C(O)c3ccc(OCc4ccc(C)cc4)cc3)C(=O)C(=O)N2CCCOC)cc1. The van der Waals surface area contributed by atoms with Crippen LogP contribution in [0, 0.1) is 6.92 Å². The first-order chi connectivity index (χ1) is 19.4. The highest BCUT2D eigenvalue weighted by atomic mass is 16.5. The van der Waals surface area contributed by atoms with Crippen molar-refractivity contribution in [2.75, 3.05) is 26.9 Å². The van der Waals surface area contributed by atoms with Crippen molar-refractivity contribution in [3.8, 4) is 11.5 Å².